The SMILES string of the molecule is Cc1cc(C)cc(N2CCN(CCN)CC2)c1. The number of anilines is 1. The zero-order chi connectivity index (χ0) is 12.3. The van der Waals surface area contributed by atoms with Gasteiger partial charge in [-0.15, -0.1) is 0 Å². The highest BCUT2D eigenvalue weighted by Gasteiger charge is 2.16. The average Bonchev–Trinajstić information content (AvgIpc) is 2.29. The topological polar surface area (TPSA) is 32.5 Å². The minimum absolute atomic E-state index is 0.767. The van der Waals surface area contributed by atoms with E-state index in [2.05, 4.69) is 41.8 Å². The Kier molecular flexibility index (Phi) is 4.02. The first kappa shape index (κ1) is 12.4. The molecular formula is C14H23N3. The highest BCUT2D eigenvalue weighted by molar-refractivity contribution is 5.51. The first-order valence-corrected chi connectivity index (χ1v) is 6.45. The van der Waals surface area contributed by atoms with Crippen molar-refractivity contribution in [2.45, 2.75) is 13.8 Å². The molecule has 1 heterocycles. The summed E-state index contributed by atoms with van der Waals surface area (Å²) < 4.78 is 0. The molecule has 3 heteroatoms. The smallest absolute Gasteiger partial charge is 0.0372 e. The summed E-state index contributed by atoms with van der Waals surface area (Å²) in [4.78, 5) is 4.92. The summed E-state index contributed by atoms with van der Waals surface area (Å²) >= 11 is 0. The lowest BCUT2D eigenvalue weighted by Gasteiger charge is -2.36. The molecule has 2 rings (SSSR count). The zero-order valence-corrected chi connectivity index (χ0v) is 10.9. The molecule has 0 amide bonds. The normalized spacial score (nSPS) is 17.5. The van der Waals surface area contributed by atoms with E-state index in [1.807, 2.05) is 0 Å². The Morgan fingerprint density at radius 1 is 1.00 bits per heavy atom. The fourth-order valence-electron chi connectivity index (χ4n) is 2.55. The van der Waals surface area contributed by atoms with Crippen molar-refractivity contribution in [3.05, 3.63) is 29.3 Å². The molecule has 0 bridgehead atoms. The van der Waals surface area contributed by atoms with E-state index in [0.29, 0.717) is 0 Å². The maximum absolute atomic E-state index is 5.59. The molecule has 0 spiro atoms. The summed E-state index contributed by atoms with van der Waals surface area (Å²) in [5.41, 5.74) is 9.66. The van der Waals surface area contributed by atoms with Crippen molar-refractivity contribution in [3.63, 3.8) is 0 Å². The molecule has 0 aromatic heterocycles. The van der Waals surface area contributed by atoms with E-state index < -0.39 is 0 Å². The van der Waals surface area contributed by atoms with E-state index in [1.165, 1.54) is 16.8 Å². The molecular weight excluding hydrogens is 210 g/mol. The largest absolute Gasteiger partial charge is 0.369 e. The highest BCUT2D eigenvalue weighted by Crippen LogP contribution is 2.20. The summed E-state index contributed by atoms with van der Waals surface area (Å²) in [6.45, 7) is 10.6. The molecule has 17 heavy (non-hydrogen) atoms. The molecule has 0 atom stereocenters. The number of hydrogen-bond acceptors (Lipinski definition) is 3. The molecule has 1 aromatic rings. The Morgan fingerprint density at radius 2 is 1.59 bits per heavy atom. The number of hydrogen-bond donors (Lipinski definition) is 1. The quantitative estimate of drug-likeness (QED) is 0.856. The molecule has 94 valence electrons. The van der Waals surface area contributed by atoms with Crippen molar-refractivity contribution >= 4 is 5.69 Å². The summed E-state index contributed by atoms with van der Waals surface area (Å²) in [6, 6.07) is 6.80. The van der Waals surface area contributed by atoms with Crippen LogP contribution in [-0.2, 0) is 0 Å². The number of piperazine rings is 1. The van der Waals surface area contributed by atoms with E-state index in [0.717, 1.165) is 39.3 Å². The van der Waals surface area contributed by atoms with Gasteiger partial charge < -0.3 is 10.6 Å². The first-order valence-electron chi connectivity index (χ1n) is 6.45. The second kappa shape index (κ2) is 5.52. The molecule has 2 N–H and O–H groups in total. The molecule has 1 aliphatic rings. The Labute approximate surface area is 104 Å². The second-order valence-corrected chi connectivity index (χ2v) is 4.96. The number of nitrogens with two attached hydrogens (primary N) is 1. The van der Waals surface area contributed by atoms with E-state index in [-0.39, 0.29) is 0 Å². The molecule has 3 nitrogen and oxygen atoms in total. The molecule has 1 aliphatic heterocycles. The van der Waals surface area contributed by atoms with E-state index >= 15 is 0 Å². The third-order valence-corrected chi connectivity index (χ3v) is 3.39. The second-order valence-electron chi connectivity index (χ2n) is 4.96. The van der Waals surface area contributed by atoms with Gasteiger partial charge in [0.25, 0.3) is 0 Å². The van der Waals surface area contributed by atoms with Crippen LogP contribution < -0.4 is 10.6 Å². The van der Waals surface area contributed by atoms with Crippen molar-refractivity contribution in [2.24, 2.45) is 5.73 Å². The lowest BCUT2D eigenvalue weighted by Crippen LogP contribution is -2.47. The lowest BCUT2D eigenvalue weighted by atomic mass is 10.1. The number of aryl methyl sites for hydroxylation is 2. The van der Waals surface area contributed by atoms with Crippen molar-refractivity contribution < 1.29 is 0 Å². The van der Waals surface area contributed by atoms with E-state index in [9.17, 15) is 0 Å². The van der Waals surface area contributed by atoms with Crippen LogP contribution in [0.15, 0.2) is 18.2 Å². The van der Waals surface area contributed by atoms with Crippen LogP contribution in [0.1, 0.15) is 11.1 Å². The summed E-state index contributed by atoms with van der Waals surface area (Å²) in [6.07, 6.45) is 0. The highest BCUT2D eigenvalue weighted by atomic mass is 15.3. The van der Waals surface area contributed by atoms with Crippen LogP contribution in [-0.4, -0.2) is 44.2 Å². The van der Waals surface area contributed by atoms with Crippen LogP contribution in [0.4, 0.5) is 5.69 Å². The van der Waals surface area contributed by atoms with Gasteiger partial charge in [-0.05, 0) is 37.1 Å². The van der Waals surface area contributed by atoms with Crippen molar-refractivity contribution in [2.75, 3.05) is 44.2 Å². The number of rotatable bonds is 3. The first-order chi connectivity index (χ1) is 8.19. The van der Waals surface area contributed by atoms with Crippen LogP contribution >= 0.6 is 0 Å². The average molecular weight is 233 g/mol. The van der Waals surface area contributed by atoms with Gasteiger partial charge >= 0.3 is 0 Å². The molecule has 1 saturated heterocycles. The van der Waals surface area contributed by atoms with Crippen molar-refractivity contribution in [1.29, 1.82) is 0 Å². The molecule has 1 fully saturated rings. The predicted molar refractivity (Wildman–Crippen MR) is 73.6 cm³/mol. The van der Waals surface area contributed by atoms with Gasteiger partial charge in [0, 0.05) is 45.0 Å². The lowest BCUT2D eigenvalue weighted by molar-refractivity contribution is 0.265. The Balaban J connectivity index is 2.00. The van der Waals surface area contributed by atoms with Crippen LogP contribution in [0.2, 0.25) is 0 Å². The van der Waals surface area contributed by atoms with Gasteiger partial charge in [-0.2, -0.15) is 0 Å². The number of benzene rings is 1. The molecule has 0 radical (unpaired) electrons. The van der Waals surface area contributed by atoms with Gasteiger partial charge in [0.2, 0.25) is 0 Å². The molecule has 0 unspecified atom stereocenters. The van der Waals surface area contributed by atoms with Gasteiger partial charge in [-0.1, -0.05) is 6.07 Å². The number of nitrogens with zero attached hydrogens (tertiary/aromatic N) is 2. The Hall–Kier alpha value is -1.06. The van der Waals surface area contributed by atoms with Crippen LogP contribution in [0.5, 0.6) is 0 Å². The molecule has 0 saturated carbocycles. The van der Waals surface area contributed by atoms with Crippen LogP contribution in [0.3, 0.4) is 0 Å². The van der Waals surface area contributed by atoms with Crippen LogP contribution in [0.25, 0.3) is 0 Å². The Bertz CT molecular complexity index is 347. The van der Waals surface area contributed by atoms with Gasteiger partial charge in [-0.3, -0.25) is 4.90 Å². The van der Waals surface area contributed by atoms with Gasteiger partial charge in [0.1, 0.15) is 0 Å². The third-order valence-electron chi connectivity index (χ3n) is 3.39. The Morgan fingerprint density at radius 3 is 2.12 bits per heavy atom. The minimum atomic E-state index is 0.767. The van der Waals surface area contributed by atoms with Gasteiger partial charge in [0.05, 0.1) is 0 Å². The van der Waals surface area contributed by atoms with Gasteiger partial charge in [0.15, 0.2) is 0 Å². The summed E-state index contributed by atoms with van der Waals surface area (Å²) in [7, 11) is 0. The monoisotopic (exact) mass is 233 g/mol. The molecule has 0 aliphatic carbocycles. The van der Waals surface area contributed by atoms with Gasteiger partial charge in [-0.25, -0.2) is 0 Å². The van der Waals surface area contributed by atoms with Crippen LogP contribution in [0, 0.1) is 13.8 Å². The fraction of sp³-hybridized carbons (Fsp3) is 0.571. The van der Waals surface area contributed by atoms with E-state index in [1.54, 1.807) is 0 Å². The summed E-state index contributed by atoms with van der Waals surface area (Å²) in [5.74, 6) is 0. The zero-order valence-electron chi connectivity index (χ0n) is 10.9. The van der Waals surface area contributed by atoms with Crippen molar-refractivity contribution in [3.8, 4) is 0 Å². The minimum Gasteiger partial charge on any atom is -0.369 e. The van der Waals surface area contributed by atoms with E-state index in [4.69, 9.17) is 5.73 Å². The molecule has 1 aromatic carbocycles. The summed E-state index contributed by atoms with van der Waals surface area (Å²) in [5, 5.41) is 0. The maximum atomic E-state index is 5.59. The maximum Gasteiger partial charge on any atom is 0.0372 e. The fourth-order valence-corrected chi connectivity index (χ4v) is 2.55. The predicted octanol–water partition coefficient (Wildman–Crippen LogP) is 1.38. The third kappa shape index (κ3) is 3.20. The standard InChI is InChI=1S/C14H23N3/c1-12-9-13(2)11-14(10-12)17-7-5-16(4-3-15)6-8-17/h9-11H,3-8,15H2,1-2H3. The van der Waals surface area contributed by atoms with Crippen molar-refractivity contribution in [1.82, 2.24) is 4.90 Å².